The molecule has 2 aromatic carbocycles. The molecule has 2 saturated carbocycles. The fourth-order valence-electron chi connectivity index (χ4n) is 5.35. The standard InChI is InChI=1S/C24H21ClN2O5/c25-16-5-7-17(8-6-16)26-19(28)12-32-24(31)13-3-9-18(10-4-13)27-22(29)20-14-1-2-15(11-14)21(20)23(27)30/h3-10,14-15,20-21H,1-2,11-12H2,(H,26,28)/t14-,15-,20-,21-/m0/s1. The number of imide groups is 1. The van der Waals surface area contributed by atoms with E-state index < -0.39 is 18.5 Å². The number of ether oxygens (including phenoxy) is 1. The largest absolute Gasteiger partial charge is 0.452 e. The van der Waals surface area contributed by atoms with Gasteiger partial charge in [-0.2, -0.15) is 0 Å². The molecule has 3 fully saturated rings. The zero-order valence-corrected chi connectivity index (χ0v) is 17.9. The van der Waals surface area contributed by atoms with Crippen LogP contribution >= 0.6 is 11.6 Å². The van der Waals surface area contributed by atoms with Crippen LogP contribution in [-0.4, -0.2) is 30.3 Å². The molecule has 1 heterocycles. The van der Waals surface area contributed by atoms with Gasteiger partial charge in [-0.05, 0) is 79.6 Å². The number of hydrogen-bond acceptors (Lipinski definition) is 5. The molecular formula is C24H21ClN2O5. The molecule has 0 radical (unpaired) electrons. The van der Waals surface area contributed by atoms with E-state index in [1.165, 1.54) is 17.0 Å². The van der Waals surface area contributed by atoms with Crippen LogP contribution in [0.3, 0.4) is 0 Å². The fraction of sp³-hybridized carbons (Fsp3) is 0.333. The summed E-state index contributed by atoms with van der Waals surface area (Å²) in [6, 6.07) is 12.7. The number of fused-ring (bicyclic) bond motifs is 5. The Morgan fingerprint density at radius 2 is 1.53 bits per heavy atom. The molecule has 1 aliphatic heterocycles. The van der Waals surface area contributed by atoms with E-state index in [0.29, 0.717) is 28.2 Å². The van der Waals surface area contributed by atoms with Gasteiger partial charge in [-0.1, -0.05) is 11.6 Å². The minimum Gasteiger partial charge on any atom is -0.452 e. The third kappa shape index (κ3) is 3.56. The highest BCUT2D eigenvalue weighted by molar-refractivity contribution is 6.30. The van der Waals surface area contributed by atoms with Crippen molar-refractivity contribution in [2.24, 2.45) is 23.7 Å². The first-order chi connectivity index (χ1) is 15.4. The van der Waals surface area contributed by atoms with Crippen LogP contribution < -0.4 is 10.2 Å². The lowest BCUT2D eigenvalue weighted by Crippen LogP contribution is -2.32. The number of halogens is 1. The van der Waals surface area contributed by atoms with E-state index in [-0.39, 0.29) is 29.2 Å². The Labute approximate surface area is 189 Å². The van der Waals surface area contributed by atoms with Crippen LogP contribution in [0.25, 0.3) is 0 Å². The van der Waals surface area contributed by atoms with Crippen LogP contribution in [0.4, 0.5) is 11.4 Å². The molecular weight excluding hydrogens is 432 g/mol. The molecule has 0 unspecified atom stereocenters. The monoisotopic (exact) mass is 452 g/mol. The van der Waals surface area contributed by atoms with E-state index in [9.17, 15) is 19.2 Å². The van der Waals surface area contributed by atoms with E-state index >= 15 is 0 Å². The number of nitrogens with one attached hydrogen (secondary N) is 1. The lowest BCUT2D eigenvalue weighted by molar-refractivity contribution is -0.123. The molecule has 3 amide bonds. The second-order valence-electron chi connectivity index (χ2n) is 8.57. The summed E-state index contributed by atoms with van der Waals surface area (Å²) in [6.45, 7) is -0.446. The van der Waals surface area contributed by atoms with E-state index in [0.717, 1.165) is 19.3 Å². The first-order valence-electron chi connectivity index (χ1n) is 10.6. The van der Waals surface area contributed by atoms with Crippen molar-refractivity contribution < 1.29 is 23.9 Å². The number of benzene rings is 2. The van der Waals surface area contributed by atoms with Gasteiger partial charge in [-0.3, -0.25) is 19.3 Å². The van der Waals surface area contributed by atoms with Gasteiger partial charge < -0.3 is 10.1 Å². The molecule has 2 bridgehead atoms. The van der Waals surface area contributed by atoms with Crippen molar-refractivity contribution in [1.29, 1.82) is 0 Å². The van der Waals surface area contributed by atoms with E-state index in [4.69, 9.17) is 16.3 Å². The Hall–Kier alpha value is -3.19. The fourth-order valence-corrected chi connectivity index (χ4v) is 5.48. The molecule has 0 spiro atoms. The van der Waals surface area contributed by atoms with Crippen LogP contribution in [-0.2, 0) is 19.1 Å². The number of nitrogens with zero attached hydrogens (tertiary/aromatic N) is 1. The van der Waals surface area contributed by atoms with Gasteiger partial charge in [0.2, 0.25) is 11.8 Å². The lowest BCUT2D eigenvalue weighted by Gasteiger charge is -2.19. The van der Waals surface area contributed by atoms with Crippen LogP contribution in [0.1, 0.15) is 29.6 Å². The van der Waals surface area contributed by atoms with Gasteiger partial charge in [-0.15, -0.1) is 0 Å². The number of rotatable bonds is 5. The number of hydrogen-bond donors (Lipinski definition) is 1. The molecule has 3 aliphatic rings. The zero-order valence-electron chi connectivity index (χ0n) is 17.1. The maximum absolute atomic E-state index is 12.9. The van der Waals surface area contributed by atoms with Crippen LogP contribution in [0.5, 0.6) is 0 Å². The molecule has 164 valence electrons. The number of carbonyl (C=O) groups excluding carboxylic acids is 4. The highest BCUT2D eigenvalue weighted by Crippen LogP contribution is 2.56. The summed E-state index contributed by atoms with van der Waals surface area (Å²) in [7, 11) is 0. The summed E-state index contributed by atoms with van der Waals surface area (Å²) in [4.78, 5) is 51.4. The molecule has 7 nitrogen and oxygen atoms in total. The van der Waals surface area contributed by atoms with Gasteiger partial charge in [-0.25, -0.2) is 4.79 Å². The SMILES string of the molecule is O=C(COC(=O)c1ccc(N2C(=O)[C@H]3[C@H]4CC[C@@H](C4)[C@@H]3C2=O)cc1)Nc1ccc(Cl)cc1. The second kappa shape index (κ2) is 8.06. The Kier molecular flexibility index (Phi) is 5.21. The van der Waals surface area contributed by atoms with Crippen molar-refractivity contribution in [2.45, 2.75) is 19.3 Å². The van der Waals surface area contributed by atoms with Gasteiger partial charge in [0.15, 0.2) is 6.61 Å². The van der Waals surface area contributed by atoms with Crippen molar-refractivity contribution in [2.75, 3.05) is 16.8 Å². The second-order valence-corrected chi connectivity index (χ2v) is 9.01. The normalized spacial score (nSPS) is 25.7. The highest BCUT2D eigenvalue weighted by Gasteiger charge is 2.61. The number of amides is 3. The van der Waals surface area contributed by atoms with Gasteiger partial charge in [0.25, 0.3) is 5.91 Å². The van der Waals surface area contributed by atoms with E-state index in [1.54, 1.807) is 36.4 Å². The van der Waals surface area contributed by atoms with E-state index in [1.807, 2.05) is 0 Å². The number of esters is 1. The lowest BCUT2D eigenvalue weighted by atomic mass is 9.81. The topological polar surface area (TPSA) is 92.8 Å². The van der Waals surface area contributed by atoms with Crippen molar-refractivity contribution >= 4 is 46.7 Å². The predicted molar refractivity (Wildman–Crippen MR) is 117 cm³/mol. The number of anilines is 2. The summed E-state index contributed by atoms with van der Waals surface area (Å²) < 4.78 is 5.07. The predicted octanol–water partition coefficient (Wildman–Crippen LogP) is 3.67. The first-order valence-corrected chi connectivity index (χ1v) is 11.0. The molecule has 1 saturated heterocycles. The maximum atomic E-state index is 12.9. The van der Waals surface area contributed by atoms with Gasteiger partial charge in [0.1, 0.15) is 0 Å². The average molecular weight is 453 g/mol. The minimum absolute atomic E-state index is 0.124. The van der Waals surface area contributed by atoms with Crippen LogP contribution in [0.2, 0.25) is 5.02 Å². The molecule has 5 rings (SSSR count). The molecule has 2 aliphatic carbocycles. The van der Waals surface area contributed by atoms with Gasteiger partial charge in [0.05, 0.1) is 23.1 Å². The minimum atomic E-state index is -0.670. The Balaban J connectivity index is 1.20. The van der Waals surface area contributed by atoms with Crippen molar-refractivity contribution in [3.63, 3.8) is 0 Å². The van der Waals surface area contributed by atoms with Crippen LogP contribution in [0.15, 0.2) is 48.5 Å². The molecule has 0 aromatic heterocycles. The molecule has 1 N–H and O–H groups in total. The molecule has 8 heteroatoms. The van der Waals surface area contributed by atoms with Gasteiger partial charge in [0, 0.05) is 10.7 Å². The third-order valence-corrected chi connectivity index (χ3v) is 7.00. The van der Waals surface area contributed by atoms with Gasteiger partial charge >= 0.3 is 5.97 Å². The Morgan fingerprint density at radius 1 is 0.938 bits per heavy atom. The molecule has 4 atom stereocenters. The Morgan fingerprint density at radius 3 is 2.12 bits per heavy atom. The average Bonchev–Trinajstić information content (AvgIpc) is 3.47. The van der Waals surface area contributed by atoms with Crippen molar-refractivity contribution in [3.05, 3.63) is 59.1 Å². The van der Waals surface area contributed by atoms with Crippen molar-refractivity contribution in [3.8, 4) is 0 Å². The molecule has 32 heavy (non-hydrogen) atoms. The summed E-state index contributed by atoms with van der Waals surface area (Å²) in [5.41, 5.74) is 1.23. The zero-order chi connectivity index (χ0) is 22.4. The summed E-state index contributed by atoms with van der Waals surface area (Å²) in [5.74, 6) is -1.14. The maximum Gasteiger partial charge on any atom is 0.338 e. The first kappa shape index (κ1) is 20.7. The summed E-state index contributed by atoms with van der Waals surface area (Å²) in [5, 5.41) is 3.15. The summed E-state index contributed by atoms with van der Waals surface area (Å²) in [6.07, 6.45) is 3.03. The Bertz CT molecular complexity index is 1070. The third-order valence-electron chi connectivity index (χ3n) is 6.75. The smallest absolute Gasteiger partial charge is 0.338 e. The highest BCUT2D eigenvalue weighted by atomic mass is 35.5. The van der Waals surface area contributed by atoms with Crippen molar-refractivity contribution in [1.82, 2.24) is 0 Å². The molecule has 2 aromatic rings. The summed E-state index contributed by atoms with van der Waals surface area (Å²) >= 11 is 5.80. The number of carbonyl (C=O) groups is 4. The quantitative estimate of drug-likeness (QED) is 0.552. The van der Waals surface area contributed by atoms with E-state index in [2.05, 4.69) is 5.32 Å². The van der Waals surface area contributed by atoms with Crippen LogP contribution in [0, 0.1) is 23.7 Å².